The Morgan fingerprint density at radius 2 is 2.19 bits per heavy atom. The Morgan fingerprint density at radius 3 is 2.75 bits per heavy atom. The van der Waals surface area contributed by atoms with Crippen molar-refractivity contribution >= 4 is 23.2 Å². The third-order valence-corrected chi connectivity index (χ3v) is 4.04. The maximum atomic E-state index is 11.8. The highest BCUT2D eigenvalue weighted by molar-refractivity contribution is 7.10. The number of amides is 2. The van der Waals surface area contributed by atoms with Gasteiger partial charge in [-0.3, -0.25) is 14.9 Å². The van der Waals surface area contributed by atoms with Crippen LogP contribution in [0.25, 0.3) is 0 Å². The molecule has 0 saturated carbocycles. The second-order valence-corrected chi connectivity index (χ2v) is 5.49. The predicted octanol–water partition coefficient (Wildman–Crippen LogP) is 2.15. The number of hydrogen-bond donors (Lipinski definition) is 1. The van der Waals surface area contributed by atoms with Crippen LogP contribution in [0.1, 0.15) is 31.1 Å². The van der Waals surface area contributed by atoms with Gasteiger partial charge in [0, 0.05) is 23.1 Å². The first kappa shape index (κ1) is 11.3. The Bertz CT molecular complexity index is 397. The van der Waals surface area contributed by atoms with Crippen LogP contribution in [0.2, 0.25) is 0 Å². The molecule has 1 aromatic rings. The van der Waals surface area contributed by atoms with Gasteiger partial charge in [-0.25, -0.2) is 0 Å². The molecule has 4 heteroatoms. The smallest absolute Gasteiger partial charge is 0.230 e. The number of thiophene rings is 1. The largest absolute Gasteiger partial charge is 0.296 e. The minimum absolute atomic E-state index is 0.0567. The molecule has 0 radical (unpaired) electrons. The monoisotopic (exact) mass is 237 g/mol. The molecule has 86 valence electrons. The number of carbonyl (C=O) groups is 2. The van der Waals surface area contributed by atoms with Crippen LogP contribution in [0.4, 0.5) is 0 Å². The standard InChI is InChI=1S/C12H15NO2S/c1-7(2)11-8(9-4-3-5-16-9)6-10(14)13-12(11)15/h3-5,7-8,11H,6H2,1-2H3,(H,13,14,15). The summed E-state index contributed by atoms with van der Waals surface area (Å²) in [4.78, 5) is 24.4. The van der Waals surface area contributed by atoms with E-state index in [1.54, 1.807) is 11.3 Å². The van der Waals surface area contributed by atoms with E-state index in [1.807, 2.05) is 31.4 Å². The molecule has 0 bridgehead atoms. The molecular formula is C12H15NO2S. The van der Waals surface area contributed by atoms with Gasteiger partial charge in [-0.15, -0.1) is 11.3 Å². The van der Waals surface area contributed by atoms with Crippen molar-refractivity contribution in [3.63, 3.8) is 0 Å². The summed E-state index contributed by atoms with van der Waals surface area (Å²) >= 11 is 1.62. The Hall–Kier alpha value is -1.16. The average molecular weight is 237 g/mol. The van der Waals surface area contributed by atoms with Gasteiger partial charge in [-0.1, -0.05) is 19.9 Å². The number of rotatable bonds is 2. The van der Waals surface area contributed by atoms with E-state index in [9.17, 15) is 9.59 Å². The molecule has 2 unspecified atom stereocenters. The number of imide groups is 1. The first-order chi connectivity index (χ1) is 7.59. The molecule has 1 aliphatic heterocycles. The zero-order chi connectivity index (χ0) is 11.7. The summed E-state index contributed by atoms with van der Waals surface area (Å²) in [6.45, 7) is 4.06. The Morgan fingerprint density at radius 1 is 1.44 bits per heavy atom. The molecule has 2 amide bonds. The van der Waals surface area contributed by atoms with Gasteiger partial charge < -0.3 is 0 Å². The normalized spacial score (nSPS) is 25.9. The molecule has 2 heterocycles. The molecular weight excluding hydrogens is 222 g/mol. The summed E-state index contributed by atoms with van der Waals surface area (Å²) < 4.78 is 0. The zero-order valence-corrected chi connectivity index (χ0v) is 10.2. The van der Waals surface area contributed by atoms with Gasteiger partial charge in [0.05, 0.1) is 0 Å². The third-order valence-electron chi connectivity index (χ3n) is 3.03. The summed E-state index contributed by atoms with van der Waals surface area (Å²) in [5.41, 5.74) is 0. The van der Waals surface area contributed by atoms with E-state index < -0.39 is 0 Å². The van der Waals surface area contributed by atoms with Crippen LogP contribution in [-0.4, -0.2) is 11.8 Å². The van der Waals surface area contributed by atoms with E-state index >= 15 is 0 Å². The molecule has 1 aliphatic rings. The lowest BCUT2D eigenvalue weighted by Crippen LogP contribution is -2.46. The van der Waals surface area contributed by atoms with Crippen LogP contribution in [0.3, 0.4) is 0 Å². The summed E-state index contributed by atoms with van der Waals surface area (Å²) in [6, 6.07) is 3.98. The van der Waals surface area contributed by atoms with Gasteiger partial charge in [-0.2, -0.15) is 0 Å². The summed E-state index contributed by atoms with van der Waals surface area (Å²) in [5.74, 6) is -0.0530. The van der Waals surface area contributed by atoms with E-state index in [2.05, 4.69) is 5.32 Å². The summed E-state index contributed by atoms with van der Waals surface area (Å²) in [7, 11) is 0. The predicted molar refractivity (Wildman–Crippen MR) is 63.2 cm³/mol. The van der Waals surface area contributed by atoms with E-state index in [1.165, 1.54) is 0 Å². The lowest BCUT2D eigenvalue weighted by molar-refractivity contribution is -0.138. The van der Waals surface area contributed by atoms with Crippen LogP contribution in [0.15, 0.2) is 17.5 Å². The Balaban J connectivity index is 2.31. The highest BCUT2D eigenvalue weighted by atomic mass is 32.1. The second kappa shape index (κ2) is 4.37. The molecule has 16 heavy (non-hydrogen) atoms. The van der Waals surface area contributed by atoms with Gasteiger partial charge in [0.2, 0.25) is 11.8 Å². The van der Waals surface area contributed by atoms with Crippen molar-refractivity contribution in [2.75, 3.05) is 0 Å². The van der Waals surface area contributed by atoms with E-state index in [0.717, 1.165) is 4.88 Å². The third kappa shape index (κ3) is 2.02. The topological polar surface area (TPSA) is 46.2 Å². The average Bonchev–Trinajstić information content (AvgIpc) is 2.67. The van der Waals surface area contributed by atoms with Crippen molar-refractivity contribution in [2.45, 2.75) is 26.2 Å². The Labute approximate surface area is 98.9 Å². The fourth-order valence-corrected chi connectivity index (χ4v) is 3.20. The maximum absolute atomic E-state index is 11.8. The molecule has 1 fully saturated rings. The number of carbonyl (C=O) groups excluding carboxylic acids is 2. The van der Waals surface area contributed by atoms with Crippen molar-refractivity contribution in [2.24, 2.45) is 11.8 Å². The quantitative estimate of drug-likeness (QED) is 0.801. The van der Waals surface area contributed by atoms with Crippen LogP contribution in [-0.2, 0) is 9.59 Å². The maximum Gasteiger partial charge on any atom is 0.230 e. The number of piperidine rings is 1. The van der Waals surface area contributed by atoms with Gasteiger partial charge in [0.15, 0.2) is 0 Å². The van der Waals surface area contributed by atoms with Gasteiger partial charge in [0.25, 0.3) is 0 Å². The fraction of sp³-hybridized carbons (Fsp3) is 0.500. The molecule has 0 aliphatic carbocycles. The van der Waals surface area contributed by atoms with Crippen LogP contribution >= 0.6 is 11.3 Å². The van der Waals surface area contributed by atoms with E-state index in [4.69, 9.17) is 0 Å². The molecule has 2 rings (SSSR count). The van der Waals surface area contributed by atoms with Gasteiger partial charge in [-0.05, 0) is 17.4 Å². The zero-order valence-electron chi connectivity index (χ0n) is 9.40. The van der Waals surface area contributed by atoms with Crippen molar-refractivity contribution in [1.82, 2.24) is 5.32 Å². The number of hydrogen-bond acceptors (Lipinski definition) is 3. The minimum atomic E-state index is -0.152. The van der Waals surface area contributed by atoms with Crippen molar-refractivity contribution in [1.29, 1.82) is 0 Å². The molecule has 0 aromatic carbocycles. The minimum Gasteiger partial charge on any atom is -0.296 e. The molecule has 1 N–H and O–H groups in total. The summed E-state index contributed by atoms with van der Waals surface area (Å²) in [5, 5.41) is 4.42. The molecule has 1 aromatic heterocycles. The lowest BCUT2D eigenvalue weighted by atomic mass is 9.77. The second-order valence-electron chi connectivity index (χ2n) is 4.51. The van der Waals surface area contributed by atoms with Gasteiger partial charge >= 0.3 is 0 Å². The lowest BCUT2D eigenvalue weighted by Gasteiger charge is -2.31. The highest BCUT2D eigenvalue weighted by Gasteiger charge is 2.38. The van der Waals surface area contributed by atoms with Crippen LogP contribution in [0.5, 0.6) is 0 Å². The first-order valence-corrected chi connectivity index (χ1v) is 6.34. The summed E-state index contributed by atoms with van der Waals surface area (Å²) in [6.07, 6.45) is 0.426. The van der Waals surface area contributed by atoms with E-state index in [0.29, 0.717) is 6.42 Å². The Kier molecular flexibility index (Phi) is 3.10. The van der Waals surface area contributed by atoms with Crippen molar-refractivity contribution in [3.8, 4) is 0 Å². The van der Waals surface area contributed by atoms with Gasteiger partial charge in [0.1, 0.15) is 0 Å². The van der Waals surface area contributed by atoms with Crippen LogP contribution in [0, 0.1) is 11.8 Å². The van der Waals surface area contributed by atoms with Crippen molar-refractivity contribution in [3.05, 3.63) is 22.4 Å². The van der Waals surface area contributed by atoms with Crippen molar-refractivity contribution < 1.29 is 9.59 Å². The SMILES string of the molecule is CC(C)C1C(=O)NC(=O)CC1c1cccs1. The fourth-order valence-electron chi connectivity index (χ4n) is 2.33. The highest BCUT2D eigenvalue weighted by Crippen LogP contribution is 2.37. The molecule has 0 spiro atoms. The molecule has 3 nitrogen and oxygen atoms in total. The van der Waals surface area contributed by atoms with Crippen LogP contribution < -0.4 is 5.32 Å². The molecule has 2 atom stereocenters. The van der Waals surface area contributed by atoms with E-state index in [-0.39, 0.29) is 29.6 Å². The first-order valence-electron chi connectivity index (χ1n) is 5.46. The molecule has 1 saturated heterocycles. The number of nitrogens with one attached hydrogen (secondary N) is 1.